The first-order valence-electron chi connectivity index (χ1n) is 5.42. The van der Waals surface area contributed by atoms with Crippen LogP contribution in [0.3, 0.4) is 0 Å². The summed E-state index contributed by atoms with van der Waals surface area (Å²) in [6.07, 6.45) is 5.07. The van der Waals surface area contributed by atoms with E-state index in [0.29, 0.717) is 12.0 Å². The zero-order valence-electron chi connectivity index (χ0n) is 9.62. The van der Waals surface area contributed by atoms with E-state index in [9.17, 15) is 0 Å². The Hall–Kier alpha value is -0.830. The van der Waals surface area contributed by atoms with E-state index in [-0.39, 0.29) is 0 Å². The molecule has 1 N–H and O–H groups in total. The molecule has 0 aliphatic carbocycles. The van der Waals surface area contributed by atoms with E-state index in [1.54, 1.807) is 0 Å². The van der Waals surface area contributed by atoms with Gasteiger partial charge in [-0.3, -0.25) is 0 Å². The van der Waals surface area contributed by atoms with Crippen molar-refractivity contribution in [3.63, 3.8) is 0 Å². The van der Waals surface area contributed by atoms with Gasteiger partial charge in [0.05, 0.1) is 0 Å². The second-order valence-corrected chi connectivity index (χ2v) is 3.66. The van der Waals surface area contributed by atoms with Crippen LogP contribution in [0, 0.1) is 0 Å². The van der Waals surface area contributed by atoms with Gasteiger partial charge in [0.25, 0.3) is 0 Å². The van der Waals surface area contributed by atoms with Gasteiger partial charge in [-0.05, 0) is 27.3 Å². The van der Waals surface area contributed by atoms with Gasteiger partial charge >= 0.3 is 0 Å². The minimum Gasteiger partial charge on any atom is -0.335 e. The molecule has 14 heavy (non-hydrogen) atoms. The van der Waals surface area contributed by atoms with E-state index < -0.39 is 0 Å². The van der Waals surface area contributed by atoms with Crippen molar-refractivity contribution in [3.8, 4) is 0 Å². The molecule has 0 fully saturated rings. The van der Waals surface area contributed by atoms with Gasteiger partial charge < -0.3 is 9.88 Å². The molecule has 0 aromatic carbocycles. The van der Waals surface area contributed by atoms with Crippen molar-refractivity contribution in [2.24, 2.45) is 0 Å². The Morgan fingerprint density at radius 2 is 2.21 bits per heavy atom. The summed E-state index contributed by atoms with van der Waals surface area (Å²) in [6, 6.07) is 0.479. The zero-order valence-corrected chi connectivity index (χ0v) is 9.62. The molecule has 0 spiro atoms. The van der Waals surface area contributed by atoms with Gasteiger partial charge in [-0.15, -0.1) is 0 Å². The fourth-order valence-electron chi connectivity index (χ4n) is 1.88. The highest BCUT2D eigenvalue weighted by atomic mass is 15.1. The fraction of sp³-hybridized carbons (Fsp3) is 0.727. The summed E-state index contributed by atoms with van der Waals surface area (Å²) >= 11 is 0. The molecule has 0 aliphatic rings. The van der Waals surface area contributed by atoms with Gasteiger partial charge in [-0.25, -0.2) is 4.98 Å². The number of hydrogen-bond donors (Lipinski definition) is 1. The normalized spacial score (nSPS) is 15.4. The summed E-state index contributed by atoms with van der Waals surface area (Å²) in [5, 5.41) is 3.30. The molecule has 80 valence electrons. The highest BCUT2D eigenvalue weighted by molar-refractivity contribution is 5.03. The first kappa shape index (κ1) is 11.2. The first-order chi connectivity index (χ1) is 6.74. The minimum atomic E-state index is 0.479. The molecule has 1 rings (SSSR count). The van der Waals surface area contributed by atoms with Gasteiger partial charge in [0.1, 0.15) is 5.82 Å². The fourth-order valence-corrected chi connectivity index (χ4v) is 1.88. The Labute approximate surface area is 86.5 Å². The summed E-state index contributed by atoms with van der Waals surface area (Å²) in [5.74, 6) is 1.71. The minimum absolute atomic E-state index is 0.479. The van der Waals surface area contributed by atoms with Crippen LogP contribution in [0.5, 0.6) is 0 Å². The molecule has 3 nitrogen and oxygen atoms in total. The summed E-state index contributed by atoms with van der Waals surface area (Å²) in [6.45, 7) is 7.58. The molecule has 0 saturated carbocycles. The van der Waals surface area contributed by atoms with Gasteiger partial charge in [0.2, 0.25) is 0 Å². The van der Waals surface area contributed by atoms with E-state index in [1.165, 1.54) is 5.82 Å². The van der Waals surface area contributed by atoms with Crippen molar-refractivity contribution in [2.45, 2.75) is 45.7 Å². The molecule has 0 radical (unpaired) electrons. The quantitative estimate of drug-likeness (QED) is 0.779. The van der Waals surface area contributed by atoms with Gasteiger partial charge in [-0.1, -0.05) is 6.92 Å². The molecule has 1 aromatic heterocycles. The highest BCUT2D eigenvalue weighted by Crippen LogP contribution is 2.21. The van der Waals surface area contributed by atoms with Crippen LogP contribution in [0.15, 0.2) is 12.4 Å². The van der Waals surface area contributed by atoms with Crippen molar-refractivity contribution in [2.75, 3.05) is 7.05 Å². The van der Waals surface area contributed by atoms with Crippen molar-refractivity contribution >= 4 is 0 Å². The maximum atomic E-state index is 4.45. The topological polar surface area (TPSA) is 29.9 Å². The number of hydrogen-bond acceptors (Lipinski definition) is 2. The number of nitrogens with one attached hydrogen (secondary N) is 1. The third-order valence-electron chi connectivity index (χ3n) is 2.92. The third-order valence-corrected chi connectivity index (χ3v) is 2.92. The van der Waals surface area contributed by atoms with Crippen LogP contribution in [0.25, 0.3) is 0 Å². The van der Waals surface area contributed by atoms with Crippen LogP contribution in [-0.2, 0) is 6.54 Å². The number of nitrogens with zero attached hydrogens (tertiary/aromatic N) is 2. The second kappa shape index (κ2) is 5.15. The van der Waals surface area contributed by atoms with E-state index in [1.807, 2.05) is 13.2 Å². The van der Waals surface area contributed by atoms with E-state index in [2.05, 4.69) is 41.8 Å². The molecule has 0 aliphatic heterocycles. The Morgan fingerprint density at radius 1 is 1.50 bits per heavy atom. The average Bonchev–Trinajstić information content (AvgIpc) is 2.66. The van der Waals surface area contributed by atoms with Crippen molar-refractivity contribution in [3.05, 3.63) is 18.2 Å². The van der Waals surface area contributed by atoms with Crippen molar-refractivity contribution in [1.82, 2.24) is 14.9 Å². The first-order valence-corrected chi connectivity index (χ1v) is 5.42. The molecule has 1 aromatic rings. The Kier molecular flexibility index (Phi) is 4.14. The summed E-state index contributed by atoms with van der Waals surface area (Å²) in [4.78, 5) is 4.45. The lowest BCUT2D eigenvalue weighted by Crippen LogP contribution is -2.30. The van der Waals surface area contributed by atoms with Crippen LogP contribution in [-0.4, -0.2) is 22.6 Å². The molecular weight excluding hydrogens is 174 g/mol. The smallest absolute Gasteiger partial charge is 0.113 e. The predicted octanol–water partition coefficient (Wildman–Crippen LogP) is 2.00. The van der Waals surface area contributed by atoms with Crippen LogP contribution in [0.1, 0.15) is 38.9 Å². The Bertz CT molecular complexity index is 267. The number of aromatic nitrogens is 2. The maximum absolute atomic E-state index is 4.45. The summed E-state index contributed by atoms with van der Waals surface area (Å²) < 4.78 is 2.22. The van der Waals surface area contributed by atoms with Crippen LogP contribution in [0.2, 0.25) is 0 Å². The van der Waals surface area contributed by atoms with Gasteiger partial charge in [-0.2, -0.15) is 0 Å². The van der Waals surface area contributed by atoms with E-state index in [0.717, 1.165) is 13.0 Å². The van der Waals surface area contributed by atoms with Crippen LogP contribution < -0.4 is 5.32 Å². The highest BCUT2D eigenvalue weighted by Gasteiger charge is 2.19. The average molecular weight is 195 g/mol. The molecular formula is C11H21N3. The third kappa shape index (κ3) is 2.15. The lowest BCUT2D eigenvalue weighted by atomic mass is 9.97. The Balaban J connectivity index is 2.88. The van der Waals surface area contributed by atoms with Crippen molar-refractivity contribution in [1.29, 1.82) is 0 Å². The monoisotopic (exact) mass is 195 g/mol. The molecule has 1 heterocycles. The number of imidazole rings is 1. The van der Waals surface area contributed by atoms with Crippen LogP contribution in [0.4, 0.5) is 0 Å². The standard InChI is InChI=1S/C11H21N3/c1-5-10(9(3)12-4)11-13-7-8-14(11)6-2/h7-10,12H,5-6H2,1-4H3. The van der Waals surface area contributed by atoms with Gasteiger partial charge in [0.15, 0.2) is 0 Å². The summed E-state index contributed by atoms with van der Waals surface area (Å²) in [7, 11) is 2.01. The van der Waals surface area contributed by atoms with E-state index >= 15 is 0 Å². The maximum Gasteiger partial charge on any atom is 0.113 e. The molecule has 0 saturated heterocycles. The number of rotatable bonds is 5. The van der Waals surface area contributed by atoms with Crippen molar-refractivity contribution < 1.29 is 0 Å². The SMILES string of the molecule is CCC(c1nccn1CC)C(C)NC. The van der Waals surface area contributed by atoms with E-state index in [4.69, 9.17) is 0 Å². The summed E-state index contributed by atoms with van der Waals surface area (Å²) in [5.41, 5.74) is 0. The largest absolute Gasteiger partial charge is 0.335 e. The zero-order chi connectivity index (χ0) is 10.6. The molecule has 3 heteroatoms. The lowest BCUT2D eigenvalue weighted by Gasteiger charge is -2.22. The molecule has 0 bridgehead atoms. The predicted molar refractivity (Wildman–Crippen MR) is 59.5 cm³/mol. The molecule has 2 atom stereocenters. The number of aryl methyl sites for hydroxylation is 1. The Morgan fingerprint density at radius 3 is 2.71 bits per heavy atom. The van der Waals surface area contributed by atoms with Crippen LogP contribution >= 0.6 is 0 Å². The number of likely N-dealkylation sites (N-methyl/N-ethyl adjacent to an activating group) is 1. The molecule has 2 unspecified atom stereocenters. The lowest BCUT2D eigenvalue weighted by molar-refractivity contribution is 0.448. The molecule has 0 amide bonds. The second-order valence-electron chi connectivity index (χ2n) is 3.66. The van der Waals surface area contributed by atoms with Gasteiger partial charge in [0, 0.05) is 30.9 Å².